The van der Waals surface area contributed by atoms with Crippen molar-refractivity contribution in [1.82, 2.24) is 5.32 Å². The van der Waals surface area contributed by atoms with Gasteiger partial charge in [-0.25, -0.2) is 4.79 Å². The summed E-state index contributed by atoms with van der Waals surface area (Å²) in [6.07, 6.45) is 0.668. The maximum Gasteiger partial charge on any atom is 0.340 e. The van der Waals surface area contributed by atoms with Crippen molar-refractivity contribution in [2.45, 2.75) is 18.9 Å². The van der Waals surface area contributed by atoms with Gasteiger partial charge < -0.3 is 20.7 Å². The number of benzene rings is 1. The summed E-state index contributed by atoms with van der Waals surface area (Å²) in [4.78, 5) is 38.2. The number of nitrogens with one attached hydrogen (secondary N) is 1. The Labute approximate surface area is 166 Å². The number of halogens is 1. The van der Waals surface area contributed by atoms with E-state index in [1.54, 1.807) is 35.7 Å². The van der Waals surface area contributed by atoms with Gasteiger partial charge in [-0.2, -0.15) is 0 Å². The fourth-order valence-corrected chi connectivity index (χ4v) is 3.78. The Bertz CT molecular complexity index is 837. The number of esters is 1. The zero-order chi connectivity index (χ0) is 18.7. The van der Waals surface area contributed by atoms with Crippen LogP contribution < -0.4 is 16.0 Å². The number of carbonyl (C=O) groups is 3. The molecule has 27 heavy (non-hydrogen) atoms. The molecule has 0 radical (unpaired) electrons. The third kappa shape index (κ3) is 4.58. The number of ether oxygens (including phenoxy) is 1. The Hall–Kier alpha value is -2.58. The number of rotatable bonds is 5. The minimum Gasteiger partial charge on any atom is -0.465 e. The lowest BCUT2D eigenvalue weighted by Gasteiger charge is -2.17. The highest BCUT2D eigenvalue weighted by Gasteiger charge is 2.36. The molecule has 1 atom stereocenters. The van der Waals surface area contributed by atoms with Gasteiger partial charge in [-0.1, -0.05) is 12.1 Å². The molecule has 144 valence electrons. The molecule has 7 nitrogen and oxygen atoms in total. The van der Waals surface area contributed by atoms with Gasteiger partial charge in [0, 0.05) is 12.2 Å². The van der Waals surface area contributed by atoms with E-state index < -0.39 is 12.0 Å². The zero-order valence-electron chi connectivity index (χ0n) is 14.6. The number of hydrogen-bond acceptors (Lipinski definition) is 6. The molecule has 3 rings (SSSR count). The third-order valence-electron chi connectivity index (χ3n) is 4.18. The molecule has 1 aliphatic rings. The van der Waals surface area contributed by atoms with Gasteiger partial charge in [0.15, 0.2) is 0 Å². The highest BCUT2D eigenvalue weighted by Crippen LogP contribution is 2.31. The summed E-state index contributed by atoms with van der Waals surface area (Å²) in [5.41, 5.74) is 7.45. The Balaban J connectivity index is 0.00000261. The van der Waals surface area contributed by atoms with Crippen LogP contribution in [-0.2, 0) is 20.7 Å². The van der Waals surface area contributed by atoms with Crippen molar-refractivity contribution in [2.75, 3.05) is 24.3 Å². The first-order valence-corrected chi connectivity index (χ1v) is 8.98. The summed E-state index contributed by atoms with van der Waals surface area (Å²) in [5, 5.41) is 5.06. The summed E-state index contributed by atoms with van der Waals surface area (Å²) < 4.78 is 4.75. The zero-order valence-corrected chi connectivity index (χ0v) is 16.3. The molecule has 2 amide bonds. The first-order chi connectivity index (χ1) is 12.5. The van der Waals surface area contributed by atoms with Gasteiger partial charge in [-0.15, -0.1) is 23.7 Å². The number of nitrogens with two attached hydrogens (primary N) is 1. The number of amides is 2. The Kier molecular flexibility index (Phi) is 6.81. The minimum absolute atomic E-state index is 0. The molecule has 2 heterocycles. The van der Waals surface area contributed by atoms with Crippen LogP contribution in [0.25, 0.3) is 0 Å². The van der Waals surface area contributed by atoms with Gasteiger partial charge in [0.25, 0.3) is 0 Å². The second-order valence-electron chi connectivity index (χ2n) is 5.95. The molecule has 2 aromatic rings. The van der Waals surface area contributed by atoms with Crippen molar-refractivity contribution < 1.29 is 19.1 Å². The van der Waals surface area contributed by atoms with Crippen LogP contribution in [0.2, 0.25) is 0 Å². The van der Waals surface area contributed by atoms with E-state index in [1.165, 1.54) is 23.3 Å². The summed E-state index contributed by atoms with van der Waals surface area (Å²) >= 11 is 1.30. The van der Waals surface area contributed by atoms with Gasteiger partial charge in [0.1, 0.15) is 11.0 Å². The highest BCUT2D eigenvalue weighted by atomic mass is 35.5. The number of anilines is 2. The molecule has 0 aliphatic carbocycles. The molecular weight excluding hydrogens is 390 g/mol. The van der Waals surface area contributed by atoms with Crippen molar-refractivity contribution in [3.63, 3.8) is 0 Å². The van der Waals surface area contributed by atoms with Crippen LogP contribution in [0.5, 0.6) is 0 Å². The average molecular weight is 410 g/mol. The van der Waals surface area contributed by atoms with Crippen LogP contribution in [0.1, 0.15) is 22.3 Å². The van der Waals surface area contributed by atoms with Crippen molar-refractivity contribution in [1.29, 1.82) is 0 Å². The Morgan fingerprint density at radius 3 is 2.67 bits per heavy atom. The molecule has 0 saturated carbocycles. The maximum atomic E-state index is 12.6. The quantitative estimate of drug-likeness (QED) is 0.581. The maximum absolute atomic E-state index is 12.6. The van der Waals surface area contributed by atoms with E-state index in [0.29, 0.717) is 29.2 Å². The first-order valence-electron chi connectivity index (χ1n) is 8.10. The largest absolute Gasteiger partial charge is 0.465 e. The van der Waals surface area contributed by atoms with Crippen LogP contribution in [0.3, 0.4) is 0 Å². The summed E-state index contributed by atoms with van der Waals surface area (Å²) in [5.74, 6) is -0.928. The monoisotopic (exact) mass is 409 g/mol. The number of thiophene rings is 1. The van der Waals surface area contributed by atoms with Crippen molar-refractivity contribution in [2.24, 2.45) is 0 Å². The predicted octanol–water partition coefficient (Wildman–Crippen LogP) is 2.00. The van der Waals surface area contributed by atoms with Crippen molar-refractivity contribution >= 4 is 52.2 Å². The molecule has 0 bridgehead atoms. The smallest absolute Gasteiger partial charge is 0.340 e. The van der Waals surface area contributed by atoms with Crippen LogP contribution >= 0.6 is 23.7 Å². The molecule has 1 aliphatic heterocycles. The van der Waals surface area contributed by atoms with Crippen LogP contribution in [0.4, 0.5) is 10.7 Å². The van der Waals surface area contributed by atoms with Gasteiger partial charge in [-0.05, 0) is 35.6 Å². The number of nitrogens with zero attached hydrogens (tertiary/aromatic N) is 1. The molecule has 1 unspecified atom stereocenters. The topological polar surface area (TPSA) is 102 Å². The lowest BCUT2D eigenvalue weighted by molar-refractivity contribution is -0.126. The Morgan fingerprint density at radius 2 is 2.00 bits per heavy atom. The van der Waals surface area contributed by atoms with E-state index in [0.717, 1.165) is 5.56 Å². The fourth-order valence-electron chi connectivity index (χ4n) is 2.86. The molecule has 1 aromatic carbocycles. The van der Waals surface area contributed by atoms with Gasteiger partial charge >= 0.3 is 5.97 Å². The van der Waals surface area contributed by atoms with E-state index >= 15 is 0 Å². The van der Waals surface area contributed by atoms with E-state index in [4.69, 9.17) is 10.5 Å². The molecule has 9 heteroatoms. The summed E-state index contributed by atoms with van der Waals surface area (Å²) in [6, 6.07) is 8.07. The number of methoxy groups -OCH3 is 1. The molecular formula is C18H20ClN3O4S. The first kappa shape index (κ1) is 20.7. The van der Waals surface area contributed by atoms with Crippen LogP contribution in [0, 0.1) is 0 Å². The Morgan fingerprint density at radius 1 is 1.30 bits per heavy atom. The number of nitrogen functional groups attached to an aromatic ring is 1. The second kappa shape index (κ2) is 8.88. The molecule has 0 spiro atoms. The van der Waals surface area contributed by atoms with Crippen LogP contribution in [-0.4, -0.2) is 37.5 Å². The summed E-state index contributed by atoms with van der Waals surface area (Å²) in [7, 11) is 1.30. The van der Waals surface area contributed by atoms with Gasteiger partial charge in [0.2, 0.25) is 11.8 Å². The lowest BCUT2D eigenvalue weighted by Crippen LogP contribution is -2.42. The normalized spacial score (nSPS) is 16.0. The second-order valence-corrected chi connectivity index (χ2v) is 6.84. The molecule has 1 aromatic heterocycles. The summed E-state index contributed by atoms with van der Waals surface area (Å²) in [6.45, 7) is 0.441. The van der Waals surface area contributed by atoms with E-state index in [-0.39, 0.29) is 30.6 Å². The van der Waals surface area contributed by atoms with Gasteiger partial charge in [-0.3, -0.25) is 9.59 Å². The average Bonchev–Trinajstić information content (AvgIpc) is 3.23. The molecule has 1 saturated heterocycles. The van der Waals surface area contributed by atoms with Crippen molar-refractivity contribution in [3.8, 4) is 0 Å². The number of carbonyl (C=O) groups excluding carboxylic acids is 3. The number of hydrogen-bond donors (Lipinski definition) is 2. The standard InChI is InChI=1S/C18H19N3O4S.ClH/c1-25-18(24)13-7-9-26-17(13)21-8-6-14(16(21)23)20-15(22)10-11-2-4-12(19)5-3-11;/h2-5,7,9,14H,6,8,10,19H2,1H3,(H,20,22);1H. The minimum atomic E-state index is -0.594. The third-order valence-corrected chi connectivity index (χ3v) is 5.12. The van der Waals surface area contributed by atoms with E-state index in [9.17, 15) is 14.4 Å². The predicted molar refractivity (Wildman–Crippen MR) is 106 cm³/mol. The highest BCUT2D eigenvalue weighted by molar-refractivity contribution is 7.14. The van der Waals surface area contributed by atoms with Gasteiger partial charge in [0.05, 0.1) is 19.1 Å². The fraction of sp³-hybridized carbons (Fsp3) is 0.278. The van der Waals surface area contributed by atoms with Crippen molar-refractivity contribution in [3.05, 3.63) is 46.8 Å². The van der Waals surface area contributed by atoms with E-state index in [2.05, 4.69) is 5.32 Å². The SMILES string of the molecule is COC(=O)c1ccsc1N1CCC(NC(=O)Cc2ccc(N)cc2)C1=O.Cl. The molecule has 3 N–H and O–H groups in total. The van der Waals surface area contributed by atoms with E-state index in [1.807, 2.05) is 0 Å². The van der Waals surface area contributed by atoms with Crippen LogP contribution in [0.15, 0.2) is 35.7 Å². The molecule has 1 fully saturated rings. The lowest BCUT2D eigenvalue weighted by atomic mass is 10.1.